The lowest BCUT2D eigenvalue weighted by Gasteiger charge is -2.25. The number of fused-ring (bicyclic) bond motifs is 1. The van der Waals surface area contributed by atoms with E-state index < -0.39 is 5.79 Å². The molecule has 0 aliphatic carbocycles. The van der Waals surface area contributed by atoms with Crippen LogP contribution in [0.5, 0.6) is 0 Å². The average Bonchev–Trinajstić information content (AvgIpc) is 2.67. The fraction of sp³-hybridized carbons (Fsp3) is 0.0909. The molecule has 86 valence electrons. The third-order valence-electron chi connectivity index (χ3n) is 2.68. The molecular formula is C11H12N6. The van der Waals surface area contributed by atoms with Crippen LogP contribution >= 0.6 is 0 Å². The standard InChI is InChI=1S/C11H12N6/c12-10-14-6-8-9(15-10)17-11(13,16-8)7-4-2-1-3-5-7/h1-6,16H,13H2,(H3,12,14,15,17). The van der Waals surface area contributed by atoms with Crippen LogP contribution in [0.1, 0.15) is 5.56 Å². The van der Waals surface area contributed by atoms with Crippen molar-refractivity contribution in [1.29, 1.82) is 0 Å². The summed E-state index contributed by atoms with van der Waals surface area (Å²) in [6, 6.07) is 9.66. The number of benzene rings is 1. The summed E-state index contributed by atoms with van der Waals surface area (Å²) in [4.78, 5) is 8.01. The van der Waals surface area contributed by atoms with Gasteiger partial charge in [-0.3, -0.25) is 5.73 Å². The quantitative estimate of drug-likeness (QED) is 0.572. The number of anilines is 3. The number of nitrogens with one attached hydrogen (secondary N) is 2. The van der Waals surface area contributed by atoms with Gasteiger partial charge in [0.05, 0.1) is 11.9 Å². The van der Waals surface area contributed by atoms with Crippen LogP contribution in [-0.2, 0) is 5.79 Å². The Morgan fingerprint density at radius 2 is 1.88 bits per heavy atom. The summed E-state index contributed by atoms with van der Waals surface area (Å²) in [5.74, 6) is -0.0364. The Hall–Kier alpha value is -2.34. The largest absolute Gasteiger partial charge is 0.368 e. The maximum atomic E-state index is 6.25. The van der Waals surface area contributed by atoms with Gasteiger partial charge in [0.1, 0.15) is 0 Å². The Labute approximate surface area is 98.1 Å². The van der Waals surface area contributed by atoms with Crippen molar-refractivity contribution < 1.29 is 0 Å². The zero-order chi connectivity index (χ0) is 11.9. The molecule has 6 N–H and O–H groups in total. The van der Waals surface area contributed by atoms with E-state index in [1.807, 2.05) is 30.3 Å². The van der Waals surface area contributed by atoms with Gasteiger partial charge in [-0.05, 0) is 0 Å². The van der Waals surface area contributed by atoms with Gasteiger partial charge >= 0.3 is 0 Å². The van der Waals surface area contributed by atoms with Gasteiger partial charge in [-0.15, -0.1) is 0 Å². The number of nitrogens with zero attached hydrogens (tertiary/aromatic N) is 2. The van der Waals surface area contributed by atoms with Crippen molar-refractivity contribution in [3.63, 3.8) is 0 Å². The molecule has 0 fully saturated rings. The zero-order valence-corrected chi connectivity index (χ0v) is 9.01. The van der Waals surface area contributed by atoms with Crippen LogP contribution in [-0.4, -0.2) is 9.97 Å². The molecule has 1 aliphatic rings. The van der Waals surface area contributed by atoms with E-state index >= 15 is 0 Å². The highest BCUT2D eigenvalue weighted by Gasteiger charge is 2.35. The van der Waals surface area contributed by atoms with Crippen LogP contribution in [0.4, 0.5) is 17.5 Å². The molecule has 3 rings (SSSR count). The summed E-state index contributed by atoms with van der Waals surface area (Å²) in [6.07, 6.45) is 1.61. The van der Waals surface area contributed by atoms with Gasteiger partial charge in [-0.25, -0.2) is 4.98 Å². The third-order valence-corrected chi connectivity index (χ3v) is 2.68. The first-order valence-corrected chi connectivity index (χ1v) is 5.21. The van der Waals surface area contributed by atoms with Crippen molar-refractivity contribution in [2.24, 2.45) is 5.73 Å². The minimum absolute atomic E-state index is 0.218. The molecule has 1 unspecified atom stereocenters. The van der Waals surface area contributed by atoms with Crippen molar-refractivity contribution in [3.05, 3.63) is 42.1 Å². The number of hydrogen-bond acceptors (Lipinski definition) is 6. The molecule has 0 saturated carbocycles. The first-order chi connectivity index (χ1) is 8.17. The smallest absolute Gasteiger partial charge is 0.222 e. The molecule has 0 amide bonds. The van der Waals surface area contributed by atoms with Crippen molar-refractivity contribution in [1.82, 2.24) is 9.97 Å². The number of aromatic nitrogens is 2. The second kappa shape index (κ2) is 3.33. The van der Waals surface area contributed by atoms with Crippen molar-refractivity contribution in [3.8, 4) is 0 Å². The predicted octanol–water partition coefficient (Wildman–Crippen LogP) is 0.665. The summed E-state index contributed by atoms with van der Waals surface area (Å²) in [6.45, 7) is 0. The van der Waals surface area contributed by atoms with Gasteiger partial charge in [0.15, 0.2) is 11.6 Å². The van der Waals surface area contributed by atoms with Crippen molar-refractivity contribution in [2.75, 3.05) is 16.4 Å². The highest BCUT2D eigenvalue weighted by atomic mass is 15.4. The summed E-state index contributed by atoms with van der Waals surface area (Å²) < 4.78 is 0. The van der Waals surface area contributed by atoms with E-state index in [9.17, 15) is 0 Å². The minimum Gasteiger partial charge on any atom is -0.368 e. The van der Waals surface area contributed by atoms with Crippen LogP contribution < -0.4 is 22.1 Å². The van der Waals surface area contributed by atoms with Crippen LogP contribution in [0, 0.1) is 0 Å². The molecule has 6 heteroatoms. The van der Waals surface area contributed by atoms with E-state index in [2.05, 4.69) is 20.6 Å². The number of nitrogens with two attached hydrogens (primary N) is 2. The van der Waals surface area contributed by atoms with Gasteiger partial charge in [0, 0.05) is 5.56 Å². The number of hydrogen-bond donors (Lipinski definition) is 4. The van der Waals surface area contributed by atoms with Gasteiger partial charge < -0.3 is 16.4 Å². The normalized spacial score (nSPS) is 21.5. The summed E-state index contributed by atoms with van der Waals surface area (Å²) >= 11 is 0. The molecule has 6 nitrogen and oxygen atoms in total. The molecular weight excluding hydrogens is 216 g/mol. The van der Waals surface area contributed by atoms with E-state index in [0.717, 1.165) is 11.3 Å². The first-order valence-electron chi connectivity index (χ1n) is 5.21. The molecule has 17 heavy (non-hydrogen) atoms. The summed E-state index contributed by atoms with van der Waals surface area (Å²) in [5, 5.41) is 6.24. The fourth-order valence-corrected chi connectivity index (χ4v) is 1.86. The van der Waals surface area contributed by atoms with E-state index in [4.69, 9.17) is 11.5 Å². The monoisotopic (exact) mass is 228 g/mol. The van der Waals surface area contributed by atoms with Gasteiger partial charge in [-0.2, -0.15) is 4.98 Å². The number of nitrogen functional groups attached to an aromatic ring is 1. The van der Waals surface area contributed by atoms with E-state index in [0.29, 0.717) is 5.82 Å². The lowest BCUT2D eigenvalue weighted by atomic mass is 10.1. The first kappa shape index (κ1) is 9.86. The number of rotatable bonds is 1. The Kier molecular flexibility index (Phi) is 1.93. The highest BCUT2D eigenvalue weighted by Crippen LogP contribution is 2.34. The van der Waals surface area contributed by atoms with E-state index in [1.165, 1.54) is 0 Å². The fourth-order valence-electron chi connectivity index (χ4n) is 1.86. The van der Waals surface area contributed by atoms with Gasteiger partial charge in [0.2, 0.25) is 5.95 Å². The second-order valence-electron chi connectivity index (χ2n) is 3.91. The minimum atomic E-state index is -0.869. The summed E-state index contributed by atoms with van der Waals surface area (Å²) in [7, 11) is 0. The molecule has 0 bridgehead atoms. The second-order valence-corrected chi connectivity index (χ2v) is 3.91. The van der Waals surface area contributed by atoms with Crippen LogP contribution in [0.15, 0.2) is 36.5 Å². The van der Waals surface area contributed by atoms with Crippen molar-refractivity contribution >= 4 is 17.5 Å². The van der Waals surface area contributed by atoms with Crippen LogP contribution in [0.3, 0.4) is 0 Å². The lowest BCUT2D eigenvalue weighted by molar-refractivity contribution is 0.610. The molecule has 2 heterocycles. The maximum Gasteiger partial charge on any atom is 0.222 e. The van der Waals surface area contributed by atoms with Crippen molar-refractivity contribution in [2.45, 2.75) is 5.79 Å². The Morgan fingerprint density at radius 1 is 1.12 bits per heavy atom. The summed E-state index contributed by atoms with van der Waals surface area (Å²) in [5.41, 5.74) is 13.4. The molecule has 1 aromatic heterocycles. The predicted molar refractivity (Wildman–Crippen MR) is 66.0 cm³/mol. The molecule has 1 aromatic carbocycles. The zero-order valence-electron chi connectivity index (χ0n) is 9.01. The highest BCUT2D eigenvalue weighted by molar-refractivity contribution is 5.73. The van der Waals surface area contributed by atoms with Gasteiger partial charge in [-0.1, -0.05) is 30.3 Å². The molecule has 0 radical (unpaired) electrons. The Bertz CT molecular complexity index is 555. The molecule has 1 aliphatic heterocycles. The molecule has 0 spiro atoms. The maximum absolute atomic E-state index is 6.25. The lowest BCUT2D eigenvalue weighted by Crippen LogP contribution is -2.47. The molecule has 1 atom stereocenters. The van der Waals surface area contributed by atoms with Crippen LogP contribution in [0.25, 0.3) is 0 Å². The topological polar surface area (TPSA) is 102 Å². The SMILES string of the molecule is Nc1ncc2c(n1)NC(N)(c1ccccc1)N2. The Morgan fingerprint density at radius 3 is 2.65 bits per heavy atom. The third kappa shape index (κ3) is 1.55. The van der Waals surface area contributed by atoms with E-state index in [1.54, 1.807) is 6.20 Å². The van der Waals surface area contributed by atoms with E-state index in [-0.39, 0.29) is 5.95 Å². The molecule has 0 saturated heterocycles. The molecule has 2 aromatic rings. The average molecular weight is 228 g/mol. The Balaban J connectivity index is 2.00. The van der Waals surface area contributed by atoms with Gasteiger partial charge in [0.25, 0.3) is 0 Å². The van der Waals surface area contributed by atoms with Crippen LogP contribution in [0.2, 0.25) is 0 Å².